The van der Waals surface area contributed by atoms with Crippen molar-refractivity contribution in [2.45, 2.75) is 46.6 Å². The van der Waals surface area contributed by atoms with Crippen LogP contribution in [0.3, 0.4) is 0 Å². The Morgan fingerprint density at radius 2 is 1.62 bits per heavy atom. The number of nitrogens with one attached hydrogen (secondary N) is 1. The quantitative estimate of drug-likeness (QED) is 0.517. The van der Waals surface area contributed by atoms with Crippen molar-refractivity contribution >= 4 is 0 Å². The molecule has 1 unspecified atom stereocenters. The lowest BCUT2D eigenvalue weighted by atomic mass is 10.0. The molecule has 1 atom stereocenters. The summed E-state index contributed by atoms with van der Waals surface area (Å²) in [5.41, 5.74) is 3.97. The van der Waals surface area contributed by atoms with Gasteiger partial charge in [-0.3, -0.25) is 11.3 Å². The standard InChI is InChI=1S/C11H22N2/c1-10(2)9(11(10,3)4)8(13-12)7-5-6-7/h7-9,13H,5-6,12H2,1-4H3. The van der Waals surface area contributed by atoms with Crippen LogP contribution in [0.25, 0.3) is 0 Å². The maximum Gasteiger partial charge on any atom is 0.0277 e. The van der Waals surface area contributed by atoms with E-state index in [1.807, 2.05) is 0 Å². The molecule has 2 saturated carbocycles. The van der Waals surface area contributed by atoms with Crippen LogP contribution in [0, 0.1) is 22.7 Å². The predicted molar refractivity (Wildman–Crippen MR) is 54.9 cm³/mol. The van der Waals surface area contributed by atoms with Crippen LogP contribution in [-0.4, -0.2) is 6.04 Å². The minimum absolute atomic E-state index is 0.465. The Morgan fingerprint density at radius 1 is 1.15 bits per heavy atom. The molecule has 2 aliphatic rings. The van der Waals surface area contributed by atoms with E-state index >= 15 is 0 Å². The average Bonchev–Trinajstić information content (AvgIpc) is 2.86. The summed E-state index contributed by atoms with van der Waals surface area (Å²) >= 11 is 0. The molecule has 0 amide bonds. The Kier molecular flexibility index (Phi) is 1.81. The Labute approximate surface area is 81.2 Å². The number of hydrogen-bond donors (Lipinski definition) is 2. The second-order valence-corrected chi connectivity index (χ2v) is 5.95. The van der Waals surface area contributed by atoms with Gasteiger partial charge in [-0.2, -0.15) is 0 Å². The monoisotopic (exact) mass is 182 g/mol. The Bertz CT molecular complexity index is 202. The fraction of sp³-hybridized carbons (Fsp3) is 1.00. The van der Waals surface area contributed by atoms with Gasteiger partial charge in [0.15, 0.2) is 0 Å². The van der Waals surface area contributed by atoms with Crippen molar-refractivity contribution in [3.63, 3.8) is 0 Å². The fourth-order valence-corrected chi connectivity index (χ4v) is 3.11. The first kappa shape index (κ1) is 9.47. The van der Waals surface area contributed by atoms with E-state index < -0.39 is 0 Å². The lowest BCUT2D eigenvalue weighted by molar-refractivity contribution is 0.367. The summed E-state index contributed by atoms with van der Waals surface area (Å²) in [6.45, 7) is 9.46. The van der Waals surface area contributed by atoms with Gasteiger partial charge in [0.1, 0.15) is 0 Å². The van der Waals surface area contributed by atoms with Crippen molar-refractivity contribution < 1.29 is 0 Å². The highest BCUT2D eigenvalue weighted by Gasteiger charge is 2.68. The van der Waals surface area contributed by atoms with Crippen LogP contribution in [0.2, 0.25) is 0 Å². The van der Waals surface area contributed by atoms with Crippen molar-refractivity contribution in [3.8, 4) is 0 Å². The maximum atomic E-state index is 5.65. The molecule has 2 heteroatoms. The molecule has 13 heavy (non-hydrogen) atoms. The molecule has 2 aliphatic carbocycles. The molecule has 0 radical (unpaired) electrons. The first-order valence-corrected chi connectivity index (χ1v) is 5.39. The van der Waals surface area contributed by atoms with Crippen LogP contribution in [0.4, 0.5) is 0 Å². The topological polar surface area (TPSA) is 38.0 Å². The van der Waals surface area contributed by atoms with Crippen LogP contribution in [0.5, 0.6) is 0 Å². The maximum absolute atomic E-state index is 5.65. The van der Waals surface area contributed by atoms with Crippen molar-refractivity contribution in [2.24, 2.45) is 28.5 Å². The number of hydrazine groups is 1. The lowest BCUT2D eigenvalue weighted by Gasteiger charge is -2.17. The third-order valence-corrected chi connectivity index (χ3v) is 4.81. The average molecular weight is 182 g/mol. The van der Waals surface area contributed by atoms with Gasteiger partial charge < -0.3 is 0 Å². The lowest BCUT2D eigenvalue weighted by Crippen LogP contribution is -2.40. The van der Waals surface area contributed by atoms with Gasteiger partial charge >= 0.3 is 0 Å². The van der Waals surface area contributed by atoms with Gasteiger partial charge in [0.05, 0.1) is 0 Å². The summed E-state index contributed by atoms with van der Waals surface area (Å²) in [7, 11) is 0. The van der Waals surface area contributed by atoms with E-state index in [9.17, 15) is 0 Å². The summed E-state index contributed by atoms with van der Waals surface area (Å²) in [5.74, 6) is 7.27. The molecule has 3 N–H and O–H groups in total. The molecule has 0 spiro atoms. The Balaban J connectivity index is 2.09. The third-order valence-electron chi connectivity index (χ3n) is 4.81. The van der Waals surface area contributed by atoms with Gasteiger partial charge in [0, 0.05) is 6.04 Å². The molecule has 2 nitrogen and oxygen atoms in total. The molecular weight excluding hydrogens is 160 g/mol. The summed E-state index contributed by atoms with van der Waals surface area (Å²) in [6, 6.07) is 0.560. The number of nitrogens with two attached hydrogens (primary N) is 1. The van der Waals surface area contributed by atoms with E-state index in [1.165, 1.54) is 12.8 Å². The summed E-state index contributed by atoms with van der Waals surface area (Å²) in [4.78, 5) is 0. The van der Waals surface area contributed by atoms with Crippen LogP contribution in [-0.2, 0) is 0 Å². The van der Waals surface area contributed by atoms with Gasteiger partial charge in [0.2, 0.25) is 0 Å². The van der Waals surface area contributed by atoms with Crippen molar-refractivity contribution in [1.82, 2.24) is 5.43 Å². The summed E-state index contributed by atoms with van der Waals surface area (Å²) < 4.78 is 0. The molecule has 0 bridgehead atoms. The highest BCUT2D eigenvalue weighted by atomic mass is 15.2. The van der Waals surface area contributed by atoms with Crippen molar-refractivity contribution in [2.75, 3.05) is 0 Å². The number of rotatable bonds is 3. The van der Waals surface area contributed by atoms with E-state index in [-0.39, 0.29) is 0 Å². The molecule has 2 fully saturated rings. The van der Waals surface area contributed by atoms with E-state index in [0.29, 0.717) is 16.9 Å². The van der Waals surface area contributed by atoms with Crippen molar-refractivity contribution in [1.29, 1.82) is 0 Å². The van der Waals surface area contributed by atoms with E-state index in [4.69, 9.17) is 5.84 Å². The zero-order valence-electron chi connectivity index (χ0n) is 9.22. The third kappa shape index (κ3) is 1.15. The summed E-state index contributed by atoms with van der Waals surface area (Å²) in [5, 5.41) is 0. The largest absolute Gasteiger partial charge is 0.271 e. The smallest absolute Gasteiger partial charge is 0.0277 e. The highest BCUT2D eigenvalue weighted by molar-refractivity contribution is 5.18. The molecule has 0 aromatic rings. The Morgan fingerprint density at radius 3 is 1.85 bits per heavy atom. The highest BCUT2D eigenvalue weighted by Crippen LogP contribution is 2.71. The van der Waals surface area contributed by atoms with E-state index in [0.717, 1.165) is 11.8 Å². The molecule has 0 heterocycles. The SMILES string of the molecule is CC1(C)C(C(NN)C2CC2)C1(C)C. The molecule has 0 aliphatic heterocycles. The van der Waals surface area contributed by atoms with Crippen LogP contribution in [0.15, 0.2) is 0 Å². The van der Waals surface area contributed by atoms with Gasteiger partial charge in [-0.15, -0.1) is 0 Å². The Hall–Kier alpha value is -0.0800. The normalized spacial score (nSPS) is 33.0. The van der Waals surface area contributed by atoms with Crippen LogP contribution >= 0.6 is 0 Å². The first-order valence-electron chi connectivity index (χ1n) is 5.39. The zero-order valence-corrected chi connectivity index (χ0v) is 9.22. The van der Waals surface area contributed by atoms with E-state index in [2.05, 4.69) is 33.1 Å². The second kappa shape index (κ2) is 2.48. The van der Waals surface area contributed by atoms with Gasteiger partial charge in [-0.05, 0) is 35.5 Å². The fourth-order valence-electron chi connectivity index (χ4n) is 3.11. The minimum atomic E-state index is 0.465. The van der Waals surface area contributed by atoms with Crippen LogP contribution in [0.1, 0.15) is 40.5 Å². The summed E-state index contributed by atoms with van der Waals surface area (Å²) in [6.07, 6.45) is 2.75. The zero-order chi connectivity index (χ0) is 9.85. The van der Waals surface area contributed by atoms with Gasteiger partial charge in [-0.25, -0.2) is 0 Å². The van der Waals surface area contributed by atoms with Gasteiger partial charge in [-0.1, -0.05) is 27.7 Å². The van der Waals surface area contributed by atoms with Crippen molar-refractivity contribution in [3.05, 3.63) is 0 Å². The first-order chi connectivity index (χ1) is 5.93. The predicted octanol–water partition coefficient (Wildman–Crippen LogP) is 1.91. The second-order valence-electron chi connectivity index (χ2n) is 5.95. The molecule has 2 rings (SSSR count). The number of hydrogen-bond acceptors (Lipinski definition) is 2. The molecule has 0 aromatic heterocycles. The molecule has 0 saturated heterocycles. The minimum Gasteiger partial charge on any atom is -0.271 e. The van der Waals surface area contributed by atoms with Gasteiger partial charge in [0.25, 0.3) is 0 Å². The molecule has 0 aromatic carbocycles. The van der Waals surface area contributed by atoms with Crippen LogP contribution < -0.4 is 11.3 Å². The van der Waals surface area contributed by atoms with E-state index in [1.54, 1.807) is 0 Å². The molecular formula is C11H22N2. The molecule has 76 valence electrons.